The SMILES string of the molecule is N#Cc1cccc(C(=O)Nc2nc3c(F)cc(F)cc3s2)c1. The van der Waals surface area contributed by atoms with Crippen LogP contribution < -0.4 is 5.32 Å². The summed E-state index contributed by atoms with van der Waals surface area (Å²) >= 11 is 0.970. The molecular weight excluding hydrogens is 308 g/mol. The van der Waals surface area contributed by atoms with Gasteiger partial charge in [0.25, 0.3) is 5.91 Å². The Morgan fingerprint density at radius 3 is 2.86 bits per heavy atom. The smallest absolute Gasteiger partial charge is 0.257 e. The summed E-state index contributed by atoms with van der Waals surface area (Å²) in [7, 11) is 0. The number of hydrogen-bond donors (Lipinski definition) is 1. The second kappa shape index (κ2) is 5.50. The Morgan fingerprint density at radius 2 is 2.09 bits per heavy atom. The summed E-state index contributed by atoms with van der Waals surface area (Å²) in [4.78, 5) is 16.0. The van der Waals surface area contributed by atoms with Gasteiger partial charge in [0.2, 0.25) is 0 Å². The van der Waals surface area contributed by atoms with Crippen molar-refractivity contribution in [2.45, 2.75) is 0 Å². The molecule has 3 aromatic rings. The number of nitrogens with one attached hydrogen (secondary N) is 1. The third-order valence-electron chi connectivity index (χ3n) is 2.89. The second-order valence-electron chi connectivity index (χ2n) is 4.40. The molecule has 0 atom stereocenters. The fourth-order valence-electron chi connectivity index (χ4n) is 1.91. The van der Waals surface area contributed by atoms with Gasteiger partial charge >= 0.3 is 0 Å². The normalized spacial score (nSPS) is 10.4. The highest BCUT2D eigenvalue weighted by atomic mass is 32.1. The number of anilines is 1. The van der Waals surface area contributed by atoms with Crippen LogP contribution in [0.5, 0.6) is 0 Å². The van der Waals surface area contributed by atoms with Crippen LogP contribution in [-0.4, -0.2) is 10.9 Å². The number of amides is 1. The van der Waals surface area contributed by atoms with Crippen LogP contribution in [0.4, 0.5) is 13.9 Å². The Balaban J connectivity index is 1.91. The van der Waals surface area contributed by atoms with Crippen molar-refractivity contribution in [3.8, 4) is 6.07 Å². The van der Waals surface area contributed by atoms with Gasteiger partial charge in [-0.2, -0.15) is 5.26 Å². The summed E-state index contributed by atoms with van der Waals surface area (Å²) < 4.78 is 27.0. The molecule has 0 aliphatic rings. The Labute approximate surface area is 127 Å². The zero-order chi connectivity index (χ0) is 15.7. The average molecular weight is 315 g/mol. The van der Waals surface area contributed by atoms with Crippen LogP contribution in [0.3, 0.4) is 0 Å². The molecule has 0 aliphatic heterocycles. The summed E-state index contributed by atoms with van der Waals surface area (Å²) in [6, 6.07) is 9.97. The van der Waals surface area contributed by atoms with Gasteiger partial charge in [-0.3, -0.25) is 10.1 Å². The van der Waals surface area contributed by atoms with Crippen molar-refractivity contribution >= 4 is 32.6 Å². The van der Waals surface area contributed by atoms with E-state index in [0.29, 0.717) is 10.3 Å². The van der Waals surface area contributed by atoms with Gasteiger partial charge in [0.1, 0.15) is 11.3 Å². The molecule has 7 heteroatoms. The van der Waals surface area contributed by atoms with Crippen molar-refractivity contribution in [3.05, 3.63) is 59.2 Å². The van der Waals surface area contributed by atoms with Gasteiger partial charge in [0.15, 0.2) is 10.9 Å². The third kappa shape index (κ3) is 2.64. The number of benzene rings is 2. The van der Waals surface area contributed by atoms with Gasteiger partial charge in [-0.1, -0.05) is 17.4 Å². The van der Waals surface area contributed by atoms with Crippen LogP contribution in [0.15, 0.2) is 36.4 Å². The van der Waals surface area contributed by atoms with E-state index in [9.17, 15) is 13.6 Å². The minimum atomic E-state index is -0.779. The topological polar surface area (TPSA) is 65.8 Å². The molecule has 1 aromatic heterocycles. The van der Waals surface area contributed by atoms with Gasteiger partial charge < -0.3 is 0 Å². The number of carbonyl (C=O) groups excluding carboxylic acids is 1. The van der Waals surface area contributed by atoms with Gasteiger partial charge in [-0.25, -0.2) is 13.8 Å². The van der Waals surface area contributed by atoms with Gasteiger partial charge in [0.05, 0.1) is 16.3 Å². The fourth-order valence-corrected chi connectivity index (χ4v) is 2.81. The van der Waals surface area contributed by atoms with Crippen molar-refractivity contribution in [1.29, 1.82) is 5.26 Å². The van der Waals surface area contributed by atoms with Crippen LogP contribution in [0.25, 0.3) is 10.2 Å². The van der Waals surface area contributed by atoms with E-state index in [1.54, 1.807) is 18.2 Å². The molecule has 108 valence electrons. The van der Waals surface area contributed by atoms with E-state index in [4.69, 9.17) is 5.26 Å². The predicted octanol–water partition coefficient (Wildman–Crippen LogP) is 3.70. The molecule has 0 spiro atoms. The number of carbonyl (C=O) groups is 1. The molecule has 0 aliphatic carbocycles. The summed E-state index contributed by atoms with van der Waals surface area (Å²) in [5.74, 6) is -1.96. The first-order chi connectivity index (χ1) is 10.6. The molecule has 2 aromatic carbocycles. The highest BCUT2D eigenvalue weighted by Gasteiger charge is 2.13. The lowest BCUT2D eigenvalue weighted by Crippen LogP contribution is -2.11. The number of rotatable bonds is 2. The fraction of sp³-hybridized carbons (Fsp3) is 0. The van der Waals surface area contributed by atoms with Crippen molar-refractivity contribution in [2.24, 2.45) is 0 Å². The van der Waals surface area contributed by atoms with E-state index in [-0.39, 0.29) is 16.2 Å². The van der Waals surface area contributed by atoms with Gasteiger partial charge in [-0.15, -0.1) is 0 Å². The number of thiazole rings is 1. The molecule has 0 radical (unpaired) electrons. The Morgan fingerprint density at radius 1 is 1.27 bits per heavy atom. The second-order valence-corrected chi connectivity index (χ2v) is 5.43. The minimum absolute atomic E-state index is 0.00692. The molecule has 22 heavy (non-hydrogen) atoms. The molecular formula is C15H7F2N3OS. The monoisotopic (exact) mass is 315 g/mol. The maximum absolute atomic E-state index is 13.6. The standard InChI is InChI=1S/C15H7F2N3OS/c16-10-5-11(17)13-12(6-10)22-15(19-13)20-14(21)9-3-1-2-8(4-9)7-18/h1-6H,(H,19,20,21). The van der Waals surface area contributed by atoms with Crippen molar-refractivity contribution in [3.63, 3.8) is 0 Å². The van der Waals surface area contributed by atoms with Crippen LogP contribution in [-0.2, 0) is 0 Å². The summed E-state index contributed by atoms with van der Waals surface area (Å²) in [6.07, 6.45) is 0. The first kappa shape index (κ1) is 14.1. The van der Waals surface area contributed by atoms with Crippen LogP contribution in [0.1, 0.15) is 15.9 Å². The van der Waals surface area contributed by atoms with E-state index in [0.717, 1.165) is 23.5 Å². The number of aromatic nitrogens is 1. The Kier molecular flexibility index (Phi) is 3.53. The maximum Gasteiger partial charge on any atom is 0.257 e. The molecule has 1 amide bonds. The van der Waals surface area contributed by atoms with Crippen molar-refractivity contribution in [1.82, 2.24) is 4.98 Å². The number of nitrogens with zero attached hydrogens (tertiary/aromatic N) is 2. The number of hydrogen-bond acceptors (Lipinski definition) is 4. The van der Waals surface area contributed by atoms with E-state index in [1.807, 2.05) is 6.07 Å². The lowest BCUT2D eigenvalue weighted by Gasteiger charge is -2.01. The van der Waals surface area contributed by atoms with Crippen LogP contribution in [0.2, 0.25) is 0 Å². The number of halogens is 2. The quantitative estimate of drug-likeness (QED) is 0.784. The zero-order valence-electron chi connectivity index (χ0n) is 10.9. The average Bonchev–Trinajstić information content (AvgIpc) is 2.90. The van der Waals surface area contributed by atoms with E-state index in [2.05, 4.69) is 10.3 Å². The molecule has 1 N–H and O–H groups in total. The first-order valence-electron chi connectivity index (χ1n) is 6.14. The maximum atomic E-state index is 13.6. The lowest BCUT2D eigenvalue weighted by atomic mass is 10.1. The summed E-state index contributed by atoms with van der Waals surface area (Å²) in [6.45, 7) is 0. The highest BCUT2D eigenvalue weighted by molar-refractivity contribution is 7.22. The first-order valence-corrected chi connectivity index (χ1v) is 6.95. The minimum Gasteiger partial charge on any atom is -0.298 e. The Hall–Kier alpha value is -2.85. The molecule has 4 nitrogen and oxygen atoms in total. The van der Waals surface area contributed by atoms with Gasteiger partial charge in [-0.05, 0) is 24.3 Å². The molecule has 0 fully saturated rings. The lowest BCUT2D eigenvalue weighted by molar-refractivity contribution is 0.102. The third-order valence-corrected chi connectivity index (χ3v) is 3.81. The number of fused-ring (bicyclic) bond motifs is 1. The van der Waals surface area contributed by atoms with E-state index in [1.165, 1.54) is 6.07 Å². The van der Waals surface area contributed by atoms with Crippen LogP contribution in [0, 0.1) is 23.0 Å². The largest absolute Gasteiger partial charge is 0.298 e. The van der Waals surface area contributed by atoms with E-state index >= 15 is 0 Å². The molecule has 1 heterocycles. The molecule has 0 saturated heterocycles. The molecule has 0 saturated carbocycles. The summed E-state index contributed by atoms with van der Waals surface area (Å²) in [5, 5.41) is 11.5. The predicted molar refractivity (Wildman–Crippen MR) is 78.6 cm³/mol. The van der Waals surface area contributed by atoms with Gasteiger partial charge in [0, 0.05) is 11.6 Å². The number of nitriles is 1. The highest BCUT2D eigenvalue weighted by Crippen LogP contribution is 2.28. The van der Waals surface area contributed by atoms with E-state index < -0.39 is 17.5 Å². The molecule has 3 rings (SSSR count). The molecule has 0 unspecified atom stereocenters. The summed E-state index contributed by atoms with van der Waals surface area (Å²) in [5.41, 5.74) is 0.641. The van der Waals surface area contributed by atoms with Crippen molar-refractivity contribution in [2.75, 3.05) is 5.32 Å². The Bertz CT molecular complexity index is 930. The van der Waals surface area contributed by atoms with Crippen LogP contribution >= 0.6 is 11.3 Å². The molecule has 0 bridgehead atoms. The van der Waals surface area contributed by atoms with Crippen molar-refractivity contribution < 1.29 is 13.6 Å². The zero-order valence-corrected chi connectivity index (χ0v) is 11.7.